The molecule has 0 aliphatic carbocycles. The number of benzene rings is 3. The molecule has 0 unspecified atom stereocenters. The Labute approximate surface area is 202 Å². The molecule has 1 aliphatic heterocycles. The van der Waals surface area contributed by atoms with Crippen LogP contribution in [0.3, 0.4) is 0 Å². The molecule has 0 bridgehead atoms. The number of aryl methyl sites for hydroxylation is 2. The van der Waals surface area contributed by atoms with Crippen molar-refractivity contribution in [1.82, 2.24) is 8.61 Å². The summed E-state index contributed by atoms with van der Waals surface area (Å²) in [5.41, 5.74) is 3.41. The predicted octanol–water partition coefficient (Wildman–Crippen LogP) is 3.76. The van der Waals surface area contributed by atoms with Gasteiger partial charge in [0.15, 0.2) is 0 Å². The van der Waals surface area contributed by atoms with E-state index in [-0.39, 0.29) is 22.9 Å². The molecule has 0 spiro atoms. The van der Waals surface area contributed by atoms with Gasteiger partial charge in [0.1, 0.15) is 6.17 Å². The second kappa shape index (κ2) is 9.14. The zero-order chi connectivity index (χ0) is 24.7. The summed E-state index contributed by atoms with van der Waals surface area (Å²) in [6, 6.07) is 20.5. The highest BCUT2D eigenvalue weighted by molar-refractivity contribution is 7.90. The molecule has 1 aliphatic rings. The molecule has 3 aromatic rings. The average molecular weight is 500 g/mol. The van der Waals surface area contributed by atoms with Gasteiger partial charge in [-0.25, -0.2) is 16.8 Å². The summed E-state index contributed by atoms with van der Waals surface area (Å²) in [4.78, 5) is 2.21. The molecule has 1 fully saturated rings. The molecule has 0 N–H and O–H groups in total. The molecule has 9 heteroatoms. The Hall–Kier alpha value is -2.72. The lowest BCUT2D eigenvalue weighted by Crippen LogP contribution is -2.38. The van der Waals surface area contributed by atoms with E-state index in [1.54, 1.807) is 60.7 Å². The first-order valence-electron chi connectivity index (χ1n) is 11.0. The van der Waals surface area contributed by atoms with E-state index >= 15 is 0 Å². The summed E-state index contributed by atoms with van der Waals surface area (Å²) in [6.07, 6.45) is -0.992. The summed E-state index contributed by atoms with van der Waals surface area (Å²) in [5.74, 6) is 0. The minimum atomic E-state index is -3.94. The number of rotatable bonds is 6. The van der Waals surface area contributed by atoms with Crippen LogP contribution in [0, 0.1) is 13.8 Å². The lowest BCUT2D eigenvalue weighted by atomic mass is 10.1. The first-order valence-corrected chi connectivity index (χ1v) is 13.8. The zero-order valence-electron chi connectivity index (χ0n) is 19.7. The summed E-state index contributed by atoms with van der Waals surface area (Å²) in [5, 5.41) is 0. The number of sulfonamides is 2. The highest BCUT2D eigenvalue weighted by atomic mass is 32.2. The Balaban J connectivity index is 1.82. The summed E-state index contributed by atoms with van der Waals surface area (Å²) >= 11 is 0. The fourth-order valence-corrected chi connectivity index (χ4v) is 7.26. The normalized spacial score (nSPS) is 16.1. The van der Waals surface area contributed by atoms with Gasteiger partial charge in [0.2, 0.25) is 20.0 Å². The SMILES string of the molecule is Cc1ccc(S(=O)(=O)N2CCN(S(=O)(=O)c3ccc(C)cc3)C2c2ccc(N(C)C)cc2)cc1. The fraction of sp³-hybridized carbons (Fsp3) is 0.280. The monoisotopic (exact) mass is 499 g/mol. The second-order valence-electron chi connectivity index (χ2n) is 8.72. The Kier molecular flexibility index (Phi) is 6.56. The maximum Gasteiger partial charge on any atom is 0.244 e. The van der Waals surface area contributed by atoms with E-state index in [0.717, 1.165) is 16.8 Å². The summed E-state index contributed by atoms with van der Waals surface area (Å²) < 4.78 is 57.2. The van der Waals surface area contributed by atoms with E-state index in [1.165, 1.54) is 8.61 Å². The van der Waals surface area contributed by atoms with Gasteiger partial charge in [-0.1, -0.05) is 47.5 Å². The van der Waals surface area contributed by atoms with Gasteiger partial charge in [-0.3, -0.25) is 0 Å². The van der Waals surface area contributed by atoms with Crippen molar-refractivity contribution < 1.29 is 16.8 Å². The van der Waals surface area contributed by atoms with Gasteiger partial charge in [-0.2, -0.15) is 8.61 Å². The first kappa shape index (κ1) is 24.4. The van der Waals surface area contributed by atoms with Gasteiger partial charge in [0.05, 0.1) is 9.79 Å². The van der Waals surface area contributed by atoms with Gasteiger partial charge in [-0.05, 0) is 55.8 Å². The molecule has 7 nitrogen and oxygen atoms in total. The highest BCUT2D eigenvalue weighted by Crippen LogP contribution is 2.39. The number of nitrogens with zero attached hydrogens (tertiary/aromatic N) is 3. The van der Waals surface area contributed by atoms with Crippen LogP contribution in [0.1, 0.15) is 22.9 Å². The van der Waals surface area contributed by atoms with E-state index in [1.807, 2.05) is 45.0 Å². The molecule has 0 amide bonds. The van der Waals surface area contributed by atoms with Crippen LogP contribution in [-0.4, -0.2) is 52.6 Å². The minimum absolute atomic E-state index is 0.0569. The first-order chi connectivity index (χ1) is 16.0. The van der Waals surface area contributed by atoms with E-state index in [4.69, 9.17) is 0 Å². The van der Waals surface area contributed by atoms with Gasteiger partial charge in [0, 0.05) is 32.9 Å². The molecule has 3 aromatic carbocycles. The van der Waals surface area contributed by atoms with Crippen LogP contribution in [0.4, 0.5) is 5.69 Å². The lowest BCUT2D eigenvalue weighted by Gasteiger charge is -2.30. The predicted molar refractivity (Wildman–Crippen MR) is 134 cm³/mol. The summed E-state index contributed by atoms with van der Waals surface area (Å²) in [6.45, 7) is 3.89. The van der Waals surface area contributed by atoms with Crippen LogP contribution in [0.15, 0.2) is 82.6 Å². The van der Waals surface area contributed by atoms with Gasteiger partial charge < -0.3 is 4.90 Å². The maximum atomic E-state index is 13.7. The van der Waals surface area contributed by atoms with Crippen LogP contribution in [0.2, 0.25) is 0 Å². The van der Waals surface area contributed by atoms with E-state index < -0.39 is 26.2 Å². The van der Waals surface area contributed by atoms with Crippen molar-refractivity contribution in [3.8, 4) is 0 Å². The quantitative estimate of drug-likeness (QED) is 0.516. The van der Waals surface area contributed by atoms with Crippen LogP contribution >= 0.6 is 0 Å². The van der Waals surface area contributed by atoms with E-state index in [9.17, 15) is 16.8 Å². The Bertz CT molecular complexity index is 1280. The van der Waals surface area contributed by atoms with Gasteiger partial charge >= 0.3 is 0 Å². The lowest BCUT2D eigenvalue weighted by molar-refractivity contribution is 0.292. The standard InChI is InChI=1S/C25H29N3O4S2/c1-19-5-13-23(14-6-19)33(29,30)27-17-18-28(34(31,32)24-15-7-20(2)8-16-24)25(27)21-9-11-22(12-10-21)26(3)4/h5-16,25H,17-18H2,1-4H3. The molecule has 4 rings (SSSR count). The van der Waals surface area contributed by atoms with Crippen LogP contribution in [0.5, 0.6) is 0 Å². The molecular formula is C25H29N3O4S2. The highest BCUT2D eigenvalue weighted by Gasteiger charge is 2.46. The number of anilines is 1. The second-order valence-corrected chi connectivity index (χ2v) is 12.5. The van der Waals surface area contributed by atoms with Crippen molar-refractivity contribution in [2.45, 2.75) is 29.8 Å². The topological polar surface area (TPSA) is 78.0 Å². The number of hydrogen-bond donors (Lipinski definition) is 0. The Morgan fingerprint density at radius 1 is 0.647 bits per heavy atom. The van der Waals surface area contributed by atoms with Crippen molar-refractivity contribution >= 4 is 25.7 Å². The van der Waals surface area contributed by atoms with Gasteiger partial charge in [-0.15, -0.1) is 0 Å². The van der Waals surface area contributed by atoms with E-state index in [2.05, 4.69) is 0 Å². The smallest absolute Gasteiger partial charge is 0.244 e. The molecule has 34 heavy (non-hydrogen) atoms. The third-order valence-electron chi connectivity index (χ3n) is 6.05. The average Bonchev–Trinajstić information content (AvgIpc) is 3.27. The van der Waals surface area contributed by atoms with Crippen molar-refractivity contribution in [1.29, 1.82) is 0 Å². The minimum Gasteiger partial charge on any atom is -0.378 e. The molecular weight excluding hydrogens is 470 g/mol. The van der Waals surface area contributed by atoms with Gasteiger partial charge in [0.25, 0.3) is 0 Å². The summed E-state index contributed by atoms with van der Waals surface area (Å²) in [7, 11) is -4.07. The van der Waals surface area contributed by atoms with Crippen molar-refractivity contribution in [2.24, 2.45) is 0 Å². The van der Waals surface area contributed by atoms with Crippen molar-refractivity contribution in [2.75, 3.05) is 32.1 Å². The zero-order valence-corrected chi connectivity index (χ0v) is 21.3. The van der Waals surface area contributed by atoms with Crippen molar-refractivity contribution in [3.05, 3.63) is 89.5 Å². The largest absolute Gasteiger partial charge is 0.378 e. The third-order valence-corrected chi connectivity index (χ3v) is 9.78. The molecule has 180 valence electrons. The molecule has 0 atom stereocenters. The fourth-order valence-electron chi connectivity index (χ4n) is 4.06. The van der Waals surface area contributed by atoms with Crippen LogP contribution in [-0.2, 0) is 20.0 Å². The van der Waals surface area contributed by atoms with Crippen LogP contribution in [0.25, 0.3) is 0 Å². The molecule has 0 radical (unpaired) electrons. The molecule has 0 saturated carbocycles. The van der Waals surface area contributed by atoms with Crippen LogP contribution < -0.4 is 4.90 Å². The molecule has 1 saturated heterocycles. The molecule has 1 heterocycles. The Morgan fingerprint density at radius 3 is 1.38 bits per heavy atom. The molecule has 0 aromatic heterocycles. The maximum absolute atomic E-state index is 13.7. The van der Waals surface area contributed by atoms with Crippen molar-refractivity contribution in [3.63, 3.8) is 0 Å². The third kappa shape index (κ3) is 4.48. The van der Waals surface area contributed by atoms with E-state index in [0.29, 0.717) is 5.56 Å². The Morgan fingerprint density at radius 2 is 1.03 bits per heavy atom. The number of hydrogen-bond acceptors (Lipinski definition) is 5.